The van der Waals surface area contributed by atoms with Crippen LogP contribution in [0.5, 0.6) is 0 Å². The highest BCUT2D eigenvalue weighted by molar-refractivity contribution is 7.80. The van der Waals surface area contributed by atoms with Crippen LogP contribution in [-0.4, -0.2) is 9.97 Å². The summed E-state index contributed by atoms with van der Waals surface area (Å²) in [6, 6.07) is 13.2. The predicted molar refractivity (Wildman–Crippen MR) is 78.9 cm³/mol. The first-order valence-electron chi connectivity index (χ1n) is 5.40. The van der Waals surface area contributed by atoms with E-state index in [1.54, 1.807) is 6.07 Å². The van der Waals surface area contributed by atoms with Gasteiger partial charge < -0.3 is 11.1 Å². The van der Waals surface area contributed by atoms with Crippen molar-refractivity contribution in [2.75, 3.05) is 5.32 Å². The summed E-state index contributed by atoms with van der Waals surface area (Å²) < 4.78 is 0. The van der Waals surface area contributed by atoms with Crippen molar-refractivity contribution in [1.82, 2.24) is 4.98 Å². The summed E-state index contributed by atoms with van der Waals surface area (Å²) in [6.07, 6.45) is 0. The highest BCUT2D eigenvalue weighted by atomic mass is 35.5. The summed E-state index contributed by atoms with van der Waals surface area (Å²) >= 11 is 10.7. The molecule has 0 fully saturated rings. The summed E-state index contributed by atoms with van der Waals surface area (Å²) in [5.41, 5.74) is 7.28. The van der Waals surface area contributed by atoms with Crippen molar-refractivity contribution in [1.29, 1.82) is 0 Å². The SMILES string of the molecule is NC(=S)c1cccc(NCc2ccc(Cl)cc2)n1. The van der Waals surface area contributed by atoms with E-state index in [0.29, 0.717) is 17.2 Å². The standard InChI is InChI=1S/C13H12ClN3S/c14-10-6-4-9(5-7-10)8-16-12-3-1-2-11(17-12)13(15)18/h1-7H,8H2,(H2,15,18)(H,16,17). The van der Waals surface area contributed by atoms with Gasteiger partial charge in [-0.3, -0.25) is 0 Å². The van der Waals surface area contributed by atoms with Crippen molar-refractivity contribution in [3.05, 3.63) is 58.7 Å². The fourth-order valence-electron chi connectivity index (χ4n) is 1.47. The number of nitrogens with one attached hydrogen (secondary N) is 1. The number of rotatable bonds is 4. The Labute approximate surface area is 116 Å². The molecule has 0 radical (unpaired) electrons. The zero-order valence-corrected chi connectivity index (χ0v) is 11.1. The number of thiocarbonyl (C=S) groups is 1. The number of benzene rings is 1. The molecule has 5 heteroatoms. The van der Waals surface area contributed by atoms with Crippen LogP contribution in [0, 0.1) is 0 Å². The zero-order chi connectivity index (χ0) is 13.0. The fourth-order valence-corrected chi connectivity index (χ4v) is 1.70. The van der Waals surface area contributed by atoms with Gasteiger partial charge in [0.2, 0.25) is 0 Å². The van der Waals surface area contributed by atoms with Gasteiger partial charge in [-0.15, -0.1) is 0 Å². The third kappa shape index (κ3) is 3.42. The van der Waals surface area contributed by atoms with Crippen LogP contribution in [0.25, 0.3) is 0 Å². The average molecular weight is 278 g/mol. The molecule has 18 heavy (non-hydrogen) atoms. The summed E-state index contributed by atoms with van der Waals surface area (Å²) in [6.45, 7) is 0.672. The number of nitrogens with zero attached hydrogens (tertiary/aromatic N) is 1. The number of nitrogens with two attached hydrogens (primary N) is 1. The number of anilines is 1. The summed E-state index contributed by atoms with van der Waals surface area (Å²) in [4.78, 5) is 4.60. The Kier molecular flexibility index (Phi) is 4.12. The van der Waals surface area contributed by atoms with Gasteiger partial charge >= 0.3 is 0 Å². The van der Waals surface area contributed by atoms with Crippen molar-refractivity contribution in [2.24, 2.45) is 5.73 Å². The van der Waals surface area contributed by atoms with Gasteiger partial charge in [-0.05, 0) is 29.8 Å². The number of pyridine rings is 1. The molecule has 1 heterocycles. The summed E-state index contributed by atoms with van der Waals surface area (Å²) in [7, 11) is 0. The Bertz CT molecular complexity index is 554. The maximum absolute atomic E-state index is 5.82. The minimum absolute atomic E-state index is 0.296. The Balaban J connectivity index is 2.04. The van der Waals surface area contributed by atoms with E-state index in [0.717, 1.165) is 16.4 Å². The van der Waals surface area contributed by atoms with Crippen LogP contribution in [0.3, 0.4) is 0 Å². The lowest BCUT2D eigenvalue weighted by molar-refractivity contribution is 1.11. The minimum Gasteiger partial charge on any atom is -0.388 e. The molecule has 2 rings (SSSR count). The molecule has 0 bridgehead atoms. The van der Waals surface area contributed by atoms with Crippen LogP contribution < -0.4 is 11.1 Å². The van der Waals surface area contributed by atoms with E-state index in [1.807, 2.05) is 36.4 Å². The molecule has 0 spiro atoms. The molecule has 0 aliphatic rings. The lowest BCUT2D eigenvalue weighted by Crippen LogP contribution is -2.12. The predicted octanol–water partition coefficient (Wildman–Crippen LogP) is 2.98. The molecular weight excluding hydrogens is 266 g/mol. The van der Waals surface area contributed by atoms with Crippen LogP contribution >= 0.6 is 23.8 Å². The lowest BCUT2D eigenvalue weighted by Gasteiger charge is -2.07. The molecule has 0 aliphatic heterocycles. The molecule has 1 aromatic heterocycles. The first-order chi connectivity index (χ1) is 8.65. The quantitative estimate of drug-likeness (QED) is 0.844. The average Bonchev–Trinajstić information content (AvgIpc) is 2.38. The molecule has 0 atom stereocenters. The molecular formula is C13H12ClN3S. The van der Waals surface area contributed by atoms with Crippen molar-refractivity contribution in [3.63, 3.8) is 0 Å². The zero-order valence-electron chi connectivity index (χ0n) is 9.56. The summed E-state index contributed by atoms with van der Waals surface area (Å²) in [5, 5.41) is 3.94. The van der Waals surface area contributed by atoms with Gasteiger partial charge in [0.25, 0.3) is 0 Å². The van der Waals surface area contributed by atoms with Crippen LogP contribution in [0.15, 0.2) is 42.5 Å². The van der Waals surface area contributed by atoms with Gasteiger partial charge in [0.1, 0.15) is 10.8 Å². The van der Waals surface area contributed by atoms with Crippen LogP contribution in [-0.2, 0) is 6.54 Å². The summed E-state index contributed by atoms with van der Waals surface area (Å²) in [5.74, 6) is 0.746. The maximum Gasteiger partial charge on any atom is 0.127 e. The van der Waals surface area contributed by atoms with Gasteiger partial charge in [0, 0.05) is 11.6 Å². The minimum atomic E-state index is 0.296. The molecule has 3 N–H and O–H groups in total. The van der Waals surface area contributed by atoms with E-state index in [-0.39, 0.29) is 0 Å². The van der Waals surface area contributed by atoms with Crippen LogP contribution in [0.2, 0.25) is 5.02 Å². The third-order valence-corrected chi connectivity index (χ3v) is 2.85. The molecule has 0 unspecified atom stereocenters. The second-order valence-electron chi connectivity index (χ2n) is 3.75. The van der Waals surface area contributed by atoms with Crippen molar-refractivity contribution in [3.8, 4) is 0 Å². The highest BCUT2D eigenvalue weighted by Gasteiger charge is 2.00. The Morgan fingerprint density at radius 2 is 1.94 bits per heavy atom. The highest BCUT2D eigenvalue weighted by Crippen LogP contribution is 2.11. The van der Waals surface area contributed by atoms with Crippen molar-refractivity contribution >= 4 is 34.6 Å². The van der Waals surface area contributed by atoms with Gasteiger partial charge in [-0.2, -0.15) is 0 Å². The van der Waals surface area contributed by atoms with Gasteiger partial charge in [-0.1, -0.05) is 42.0 Å². The number of hydrogen-bond donors (Lipinski definition) is 2. The molecule has 0 aliphatic carbocycles. The van der Waals surface area contributed by atoms with Crippen molar-refractivity contribution < 1.29 is 0 Å². The monoisotopic (exact) mass is 277 g/mol. The fraction of sp³-hybridized carbons (Fsp3) is 0.0769. The molecule has 0 saturated carbocycles. The van der Waals surface area contributed by atoms with E-state index in [2.05, 4.69) is 10.3 Å². The Morgan fingerprint density at radius 3 is 2.61 bits per heavy atom. The third-order valence-electron chi connectivity index (χ3n) is 2.39. The Hall–Kier alpha value is -1.65. The van der Waals surface area contributed by atoms with Gasteiger partial charge in [0.15, 0.2) is 0 Å². The topological polar surface area (TPSA) is 50.9 Å². The van der Waals surface area contributed by atoms with Crippen LogP contribution in [0.4, 0.5) is 5.82 Å². The van der Waals surface area contributed by atoms with Crippen molar-refractivity contribution in [2.45, 2.75) is 6.54 Å². The van der Waals surface area contributed by atoms with E-state index in [1.165, 1.54) is 0 Å². The Morgan fingerprint density at radius 1 is 1.22 bits per heavy atom. The second-order valence-corrected chi connectivity index (χ2v) is 4.63. The normalized spacial score (nSPS) is 10.1. The molecule has 3 nitrogen and oxygen atoms in total. The van der Waals surface area contributed by atoms with Crippen LogP contribution in [0.1, 0.15) is 11.3 Å². The van der Waals surface area contributed by atoms with E-state index in [4.69, 9.17) is 29.6 Å². The van der Waals surface area contributed by atoms with E-state index >= 15 is 0 Å². The largest absolute Gasteiger partial charge is 0.388 e. The number of aromatic nitrogens is 1. The molecule has 0 saturated heterocycles. The number of hydrogen-bond acceptors (Lipinski definition) is 3. The van der Waals surface area contributed by atoms with Gasteiger partial charge in [0.05, 0.1) is 5.69 Å². The smallest absolute Gasteiger partial charge is 0.127 e. The molecule has 0 amide bonds. The van der Waals surface area contributed by atoms with E-state index in [9.17, 15) is 0 Å². The first-order valence-corrected chi connectivity index (χ1v) is 6.19. The number of halogens is 1. The molecule has 2 aromatic rings. The lowest BCUT2D eigenvalue weighted by atomic mass is 10.2. The second kappa shape index (κ2) is 5.80. The van der Waals surface area contributed by atoms with E-state index < -0.39 is 0 Å². The van der Waals surface area contributed by atoms with Gasteiger partial charge in [-0.25, -0.2) is 4.98 Å². The molecule has 1 aromatic carbocycles. The maximum atomic E-state index is 5.82. The first kappa shape index (κ1) is 12.8. The molecule has 92 valence electrons.